The highest BCUT2D eigenvalue weighted by molar-refractivity contribution is 6.24. The summed E-state index contributed by atoms with van der Waals surface area (Å²) in [6.07, 6.45) is 3.64. The summed E-state index contributed by atoms with van der Waals surface area (Å²) in [6, 6.07) is 13.4. The molecule has 0 unspecified atom stereocenters. The topological polar surface area (TPSA) is 83.8 Å². The van der Waals surface area contributed by atoms with Crippen LogP contribution in [-0.2, 0) is 11.3 Å². The molecule has 5 heteroatoms. The highest BCUT2D eigenvalue weighted by atomic mass is 16.1. The minimum atomic E-state index is -0.453. The van der Waals surface area contributed by atoms with E-state index in [1.807, 2.05) is 55.7 Å². The first kappa shape index (κ1) is 15.0. The summed E-state index contributed by atoms with van der Waals surface area (Å²) in [6.45, 7) is 0.705. The highest BCUT2D eigenvalue weighted by Gasteiger charge is 2.10. The molecule has 0 spiro atoms. The molecule has 2 aromatic heterocycles. The van der Waals surface area contributed by atoms with Gasteiger partial charge in [0.05, 0.1) is 5.69 Å². The lowest BCUT2D eigenvalue weighted by molar-refractivity contribution is -0.112. The Morgan fingerprint density at radius 2 is 2.04 bits per heavy atom. The van der Waals surface area contributed by atoms with Crippen LogP contribution in [0.25, 0.3) is 22.7 Å². The van der Waals surface area contributed by atoms with Crippen molar-refractivity contribution in [2.75, 3.05) is 7.05 Å². The van der Waals surface area contributed by atoms with E-state index in [0.29, 0.717) is 12.1 Å². The molecular formula is C18H18N4O. The molecule has 3 aromatic rings. The molecule has 2 heterocycles. The number of fused-ring (bicyclic) bond motifs is 1. The number of aromatic nitrogens is 2. The number of rotatable bonds is 5. The Labute approximate surface area is 134 Å². The molecule has 0 aliphatic rings. The van der Waals surface area contributed by atoms with Crippen molar-refractivity contribution in [3.63, 3.8) is 0 Å². The maximum Gasteiger partial charge on any atom is 0.249 e. The van der Waals surface area contributed by atoms with Gasteiger partial charge in [0.25, 0.3) is 0 Å². The van der Waals surface area contributed by atoms with Gasteiger partial charge in [-0.2, -0.15) is 0 Å². The third-order valence-corrected chi connectivity index (χ3v) is 3.64. The van der Waals surface area contributed by atoms with Gasteiger partial charge in [0.15, 0.2) is 0 Å². The van der Waals surface area contributed by atoms with Gasteiger partial charge in [-0.3, -0.25) is 4.79 Å². The highest BCUT2D eigenvalue weighted by Crippen LogP contribution is 2.23. The lowest BCUT2D eigenvalue weighted by Gasteiger charge is -2.03. The largest absolute Gasteiger partial charge is 0.366 e. The molecule has 0 saturated carbocycles. The predicted molar refractivity (Wildman–Crippen MR) is 92.4 cm³/mol. The molecule has 4 N–H and O–H groups in total. The van der Waals surface area contributed by atoms with Crippen LogP contribution in [0.5, 0.6) is 0 Å². The molecule has 0 bridgehead atoms. The number of nitrogens with zero attached hydrogens (tertiary/aromatic N) is 1. The van der Waals surface area contributed by atoms with E-state index in [1.54, 1.807) is 6.08 Å². The minimum absolute atomic E-state index is 0.453. The van der Waals surface area contributed by atoms with Gasteiger partial charge in [0.1, 0.15) is 5.65 Å². The molecule has 23 heavy (non-hydrogen) atoms. The van der Waals surface area contributed by atoms with E-state index in [-0.39, 0.29) is 0 Å². The number of benzene rings is 1. The lowest BCUT2D eigenvalue weighted by Crippen LogP contribution is -2.12. The van der Waals surface area contributed by atoms with Crippen LogP contribution >= 0.6 is 0 Å². The quantitative estimate of drug-likeness (QED) is 0.632. The van der Waals surface area contributed by atoms with Gasteiger partial charge in [0.2, 0.25) is 5.91 Å². The molecule has 116 valence electrons. The van der Waals surface area contributed by atoms with Crippen molar-refractivity contribution in [1.82, 2.24) is 15.3 Å². The molecule has 0 aliphatic carbocycles. The smallest absolute Gasteiger partial charge is 0.249 e. The maximum atomic E-state index is 11.8. The van der Waals surface area contributed by atoms with Crippen LogP contribution in [0.4, 0.5) is 0 Å². The van der Waals surface area contributed by atoms with Crippen LogP contribution in [0.2, 0.25) is 0 Å². The van der Waals surface area contributed by atoms with Gasteiger partial charge in [-0.25, -0.2) is 4.98 Å². The monoisotopic (exact) mass is 306 g/mol. The number of primary amides is 1. The van der Waals surface area contributed by atoms with Crippen LogP contribution in [0.1, 0.15) is 16.8 Å². The van der Waals surface area contributed by atoms with Crippen LogP contribution in [0.3, 0.4) is 0 Å². The molecule has 0 fully saturated rings. The first-order chi connectivity index (χ1) is 11.2. The Kier molecular flexibility index (Phi) is 4.21. The van der Waals surface area contributed by atoms with Gasteiger partial charge in [-0.05, 0) is 30.8 Å². The Hall–Kier alpha value is -2.92. The number of nitrogens with two attached hydrogens (primary N) is 1. The molecule has 1 amide bonds. The van der Waals surface area contributed by atoms with Crippen molar-refractivity contribution >= 4 is 28.6 Å². The zero-order valence-electron chi connectivity index (χ0n) is 12.8. The summed E-state index contributed by atoms with van der Waals surface area (Å²) >= 11 is 0. The summed E-state index contributed by atoms with van der Waals surface area (Å²) in [5, 5.41) is 4.03. The van der Waals surface area contributed by atoms with Crippen LogP contribution < -0.4 is 11.1 Å². The number of H-pyrrole nitrogens is 1. The summed E-state index contributed by atoms with van der Waals surface area (Å²) < 4.78 is 0. The second kappa shape index (κ2) is 6.46. The number of nitrogens with one attached hydrogen (secondary N) is 2. The fraction of sp³-hybridized carbons (Fsp3) is 0.111. The molecule has 0 aliphatic heterocycles. The van der Waals surface area contributed by atoms with E-state index in [9.17, 15) is 4.79 Å². The fourth-order valence-corrected chi connectivity index (χ4v) is 2.54. The standard InChI is InChI=1S/C18H18N4O/c1-20-11-14-7-8-15-13(10-21-18(15)22-14)9-16(17(19)23)12-5-3-2-4-6-12/h2-10,20H,11H2,1H3,(H2,19,23)(H,21,22)/b16-9+. The number of hydrogen-bond donors (Lipinski definition) is 3. The number of hydrogen-bond acceptors (Lipinski definition) is 3. The van der Waals surface area contributed by atoms with Gasteiger partial charge in [-0.15, -0.1) is 0 Å². The van der Waals surface area contributed by atoms with Gasteiger partial charge < -0.3 is 16.0 Å². The Bertz CT molecular complexity index is 865. The summed E-state index contributed by atoms with van der Waals surface area (Å²) in [5.41, 5.74) is 9.47. The number of aromatic amines is 1. The lowest BCUT2D eigenvalue weighted by atomic mass is 10.0. The van der Waals surface area contributed by atoms with Crippen molar-refractivity contribution < 1.29 is 4.79 Å². The van der Waals surface area contributed by atoms with Gasteiger partial charge in [0, 0.05) is 29.3 Å². The summed E-state index contributed by atoms with van der Waals surface area (Å²) in [7, 11) is 1.88. The summed E-state index contributed by atoms with van der Waals surface area (Å²) in [4.78, 5) is 19.5. The van der Waals surface area contributed by atoms with Crippen molar-refractivity contribution in [3.05, 3.63) is 65.5 Å². The van der Waals surface area contributed by atoms with Crippen LogP contribution in [0, 0.1) is 0 Å². The Morgan fingerprint density at radius 1 is 1.26 bits per heavy atom. The third kappa shape index (κ3) is 3.14. The SMILES string of the molecule is CNCc1ccc2c(/C=C(/C(N)=O)c3ccccc3)c[nH]c2n1. The maximum absolute atomic E-state index is 11.8. The first-order valence-electron chi connectivity index (χ1n) is 7.37. The summed E-state index contributed by atoms with van der Waals surface area (Å²) in [5.74, 6) is -0.453. The molecule has 0 radical (unpaired) electrons. The zero-order valence-corrected chi connectivity index (χ0v) is 12.8. The van der Waals surface area contributed by atoms with Crippen molar-refractivity contribution in [2.24, 2.45) is 5.73 Å². The molecule has 1 aromatic carbocycles. The predicted octanol–water partition coefficient (Wildman–Crippen LogP) is 2.31. The van der Waals surface area contributed by atoms with Gasteiger partial charge in [-0.1, -0.05) is 30.3 Å². The minimum Gasteiger partial charge on any atom is -0.366 e. The fourth-order valence-electron chi connectivity index (χ4n) is 2.54. The number of amides is 1. The molecule has 5 nitrogen and oxygen atoms in total. The Morgan fingerprint density at radius 3 is 2.74 bits per heavy atom. The van der Waals surface area contributed by atoms with E-state index in [2.05, 4.69) is 15.3 Å². The van der Waals surface area contributed by atoms with Crippen LogP contribution in [-0.4, -0.2) is 22.9 Å². The average molecular weight is 306 g/mol. The Balaban J connectivity index is 2.06. The third-order valence-electron chi connectivity index (χ3n) is 3.64. The average Bonchev–Trinajstić information content (AvgIpc) is 2.95. The van der Waals surface area contributed by atoms with Crippen molar-refractivity contribution in [1.29, 1.82) is 0 Å². The normalized spacial score (nSPS) is 11.8. The second-order valence-corrected chi connectivity index (χ2v) is 5.26. The zero-order chi connectivity index (χ0) is 16.2. The van der Waals surface area contributed by atoms with E-state index in [1.165, 1.54) is 0 Å². The molecule has 0 atom stereocenters. The number of carbonyl (C=O) groups is 1. The molecule has 0 saturated heterocycles. The molecule has 3 rings (SSSR count). The van der Waals surface area contributed by atoms with Crippen LogP contribution in [0.15, 0.2) is 48.7 Å². The first-order valence-corrected chi connectivity index (χ1v) is 7.37. The van der Waals surface area contributed by atoms with E-state index >= 15 is 0 Å². The van der Waals surface area contributed by atoms with E-state index < -0.39 is 5.91 Å². The molecular weight excluding hydrogens is 288 g/mol. The van der Waals surface area contributed by atoms with Crippen molar-refractivity contribution in [3.8, 4) is 0 Å². The number of pyridine rings is 1. The van der Waals surface area contributed by atoms with E-state index in [0.717, 1.165) is 27.9 Å². The van der Waals surface area contributed by atoms with E-state index in [4.69, 9.17) is 5.73 Å². The second-order valence-electron chi connectivity index (χ2n) is 5.26. The van der Waals surface area contributed by atoms with Gasteiger partial charge >= 0.3 is 0 Å². The van der Waals surface area contributed by atoms with Crippen molar-refractivity contribution in [2.45, 2.75) is 6.54 Å². The number of carbonyl (C=O) groups excluding carboxylic acids is 1.